The number of methoxy groups -OCH3 is 1. The lowest BCUT2D eigenvalue weighted by Gasteiger charge is -2.08. The van der Waals surface area contributed by atoms with Crippen molar-refractivity contribution in [3.05, 3.63) is 40.8 Å². The van der Waals surface area contributed by atoms with Crippen molar-refractivity contribution in [3.8, 4) is 17.1 Å². The number of amides is 1. The quantitative estimate of drug-likeness (QED) is 0.366. The van der Waals surface area contributed by atoms with Crippen LogP contribution in [0.2, 0.25) is 0 Å². The summed E-state index contributed by atoms with van der Waals surface area (Å²) in [7, 11) is 3.47. The number of hydrogen-bond acceptors (Lipinski definition) is 8. The van der Waals surface area contributed by atoms with E-state index in [0.29, 0.717) is 34.1 Å². The summed E-state index contributed by atoms with van der Waals surface area (Å²) in [4.78, 5) is 25.1. The predicted molar refractivity (Wildman–Crippen MR) is 125 cm³/mol. The van der Waals surface area contributed by atoms with Crippen LogP contribution in [-0.2, 0) is 16.6 Å². The molecular weight excluding hydrogens is 448 g/mol. The molecule has 0 saturated heterocycles. The molecule has 2 heterocycles. The Hall–Kier alpha value is -2.85. The van der Waals surface area contributed by atoms with Gasteiger partial charge in [-0.2, -0.15) is 0 Å². The maximum Gasteiger partial charge on any atom is 0.341 e. The van der Waals surface area contributed by atoms with Gasteiger partial charge in [0.1, 0.15) is 10.8 Å². The van der Waals surface area contributed by atoms with Gasteiger partial charge in [-0.15, -0.1) is 21.5 Å². The normalized spacial score (nSPS) is 13.1. The summed E-state index contributed by atoms with van der Waals surface area (Å²) < 4.78 is 12.3. The highest BCUT2D eigenvalue weighted by atomic mass is 32.2. The third-order valence-corrected chi connectivity index (χ3v) is 7.00. The van der Waals surface area contributed by atoms with Crippen LogP contribution in [0.3, 0.4) is 0 Å². The number of anilines is 1. The highest BCUT2D eigenvalue weighted by molar-refractivity contribution is 7.99. The van der Waals surface area contributed by atoms with Gasteiger partial charge in [0, 0.05) is 12.6 Å². The van der Waals surface area contributed by atoms with Crippen LogP contribution in [0.25, 0.3) is 11.4 Å². The first-order valence-electron chi connectivity index (χ1n) is 10.3. The third kappa shape index (κ3) is 4.81. The summed E-state index contributed by atoms with van der Waals surface area (Å²) in [6, 6.07) is 7.57. The van der Waals surface area contributed by atoms with Gasteiger partial charge in [0.05, 0.1) is 25.0 Å². The molecule has 1 N–H and O–H groups in total. The lowest BCUT2D eigenvalue weighted by molar-refractivity contribution is -0.113. The molecule has 8 nitrogen and oxygen atoms in total. The van der Waals surface area contributed by atoms with Crippen LogP contribution in [0.4, 0.5) is 5.00 Å². The van der Waals surface area contributed by atoms with E-state index in [1.165, 1.54) is 23.1 Å². The molecule has 1 amide bonds. The second-order valence-corrected chi connectivity index (χ2v) is 9.15. The van der Waals surface area contributed by atoms with E-state index in [9.17, 15) is 9.59 Å². The molecule has 0 unspecified atom stereocenters. The molecule has 0 aliphatic heterocycles. The van der Waals surface area contributed by atoms with E-state index in [2.05, 4.69) is 15.5 Å². The van der Waals surface area contributed by atoms with Gasteiger partial charge in [0.15, 0.2) is 11.0 Å². The van der Waals surface area contributed by atoms with Crippen molar-refractivity contribution >= 4 is 40.0 Å². The van der Waals surface area contributed by atoms with E-state index in [4.69, 9.17) is 9.47 Å². The van der Waals surface area contributed by atoms with Crippen LogP contribution in [-0.4, -0.2) is 46.1 Å². The maximum absolute atomic E-state index is 12.6. The minimum atomic E-state index is -0.380. The van der Waals surface area contributed by atoms with Crippen molar-refractivity contribution in [2.45, 2.75) is 30.8 Å². The zero-order chi connectivity index (χ0) is 22.7. The van der Waals surface area contributed by atoms with Gasteiger partial charge in [0.25, 0.3) is 0 Å². The molecule has 1 aromatic carbocycles. The summed E-state index contributed by atoms with van der Waals surface area (Å²) in [6.07, 6.45) is 2.13. The number of esters is 1. The van der Waals surface area contributed by atoms with E-state index in [1.807, 2.05) is 41.3 Å². The molecule has 4 rings (SSSR count). The molecule has 1 aliphatic carbocycles. The average Bonchev–Trinajstić information content (AvgIpc) is 3.45. The second kappa shape index (κ2) is 9.74. The van der Waals surface area contributed by atoms with Gasteiger partial charge in [-0.05, 0) is 48.8 Å². The highest BCUT2D eigenvalue weighted by Gasteiger charge is 2.32. The Morgan fingerprint density at radius 3 is 2.84 bits per heavy atom. The number of ether oxygens (including phenoxy) is 2. The summed E-state index contributed by atoms with van der Waals surface area (Å²) >= 11 is 2.65. The molecule has 0 bridgehead atoms. The molecule has 3 aromatic rings. The first-order chi connectivity index (χ1) is 15.5. The predicted octanol–water partition coefficient (Wildman–Crippen LogP) is 4.34. The van der Waals surface area contributed by atoms with Gasteiger partial charge < -0.3 is 19.4 Å². The van der Waals surface area contributed by atoms with Gasteiger partial charge in [0.2, 0.25) is 5.91 Å². The van der Waals surface area contributed by atoms with E-state index >= 15 is 0 Å². The number of thioether (sulfide) groups is 1. The first kappa shape index (κ1) is 22.3. The van der Waals surface area contributed by atoms with Crippen molar-refractivity contribution in [2.75, 3.05) is 24.8 Å². The zero-order valence-corrected chi connectivity index (χ0v) is 19.7. The molecule has 0 radical (unpaired) electrons. The zero-order valence-electron chi connectivity index (χ0n) is 18.1. The Balaban J connectivity index is 1.43. The molecule has 1 fully saturated rings. The number of benzene rings is 1. The molecule has 0 spiro atoms. The molecule has 1 aliphatic rings. The smallest absolute Gasteiger partial charge is 0.341 e. The monoisotopic (exact) mass is 472 g/mol. The van der Waals surface area contributed by atoms with E-state index in [0.717, 1.165) is 29.7 Å². The number of aromatic nitrogens is 3. The Morgan fingerprint density at radius 2 is 2.12 bits per heavy atom. The van der Waals surface area contributed by atoms with Gasteiger partial charge >= 0.3 is 5.97 Å². The van der Waals surface area contributed by atoms with Crippen molar-refractivity contribution in [3.63, 3.8) is 0 Å². The Bertz CT molecular complexity index is 1140. The number of carbonyl (C=O) groups excluding carboxylic acids is 2. The maximum atomic E-state index is 12.6. The van der Waals surface area contributed by atoms with Crippen LogP contribution >= 0.6 is 23.1 Å². The van der Waals surface area contributed by atoms with E-state index in [-0.39, 0.29) is 17.6 Å². The third-order valence-electron chi connectivity index (χ3n) is 5.06. The fourth-order valence-corrected chi connectivity index (χ4v) is 5.08. The average molecular weight is 473 g/mol. The summed E-state index contributed by atoms with van der Waals surface area (Å²) in [5.41, 5.74) is 2.35. The van der Waals surface area contributed by atoms with E-state index < -0.39 is 0 Å². The minimum absolute atomic E-state index is 0.142. The largest absolute Gasteiger partial charge is 0.497 e. The SMILES string of the molecule is CCOC(=O)c1c(C2CC2)csc1NC(=O)CSc1nnc(-c2cccc(OC)c2)n1C. The number of rotatable bonds is 9. The summed E-state index contributed by atoms with van der Waals surface area (Å²) in [6.45, 7) is 2.07. The van der Waals surface area contributed by atoms with E-state index in [1.54, 1.807) is 14.0 Å². The Kier molecular flexibility index (Phi) is 6.80. The van der Waals surface area contributed by atoms with Crippen LogP contribution in [0.15, 0.2) is 34.8 Å². The Morgan fingerprint density at radius 1 is 1.31 bits per heavy atom. The molecular formula is C22H24N4O4S2. The number of nitrogens with zero attached hydrogens (tertiary/aromatic N) is 3. The lowest BCUT2D eigenvalue weighted by Crippen LogP contribution is -2.17. The van der Waals surface area contributed by atoms with Gasteiger partial charge in [-0.1, -0.05) is 23.9 Å². The Labute approximate surface area is 194 Å². The lowest BCUT2D eigenvalue weighted by atomic mass is 10.1. The number of hydrogen-bond donors (Lipinski definition) is 1. The van der Waals surface area contributed by atoms with Gasteiger partial charge in [-0.25, -0.2) is 4.79 Å². The topological polar surface area (TPSA) is 95.3 Å². The van der Waals surface area contributed by atoms with Crippen LogP contribution in [0.5, 0.6) is 5.75 Å². The number of thiophene rings is 1. The molecule has 168 valence electrons. The van der Waals surface area contributed by atoms with Crippen LogP contribution < -0.4 is 10.1 Å². The molecule has 10 heteroatoms. The van der Waals surface area contributed by atoms with Crippen molar-refractivity contribution in [1.29, 1.82) is 0 Å². The molecule has 32 heavy (non-hydrogen) atoms. The van der Waals surface area contributed by atoms with Crippen molar-refractivity contribution in [1.82, 2.24) is 14.8 Å². The fourth-order valence-electron chi connectivity index (χ4n) is 3.32. The standard InChI is InChI=1S/C22H24N4O4S2/c1-4-30-21(28)18-16(13-8-9-13)11-31-20(18)23-17(27)12-32-22-25-24-19(26(22)2)14-6-5-7-15(10-14)29-3/h5-7,10-11,13H,4,8-9,12H2,1-3H3,(H,23,27). The summed E-state index contributed by atoms with van der Waals surface area (Å²) in [5, 5.41) is 14.5. The fraction of sp³-hybridized carbons (Fsp3) is 0.364. The van der Waals surface area contributed by atoms with Crippen molar-refractivity contribution in [2.24, 2.45) is 7.05 Å². The van der Waals surface area contributed by atoms with Crippen molar-refractivity contribution < 1.29 is 19.1 Å². The molecule has 2 aromatic heterocycles. The summed E-state index contributed by atoms with van der Waals surface area (Å²) in [5.74, 6) is 1.36. The minimum Gasteiger partial charge on any atom is -0.497 e. The second-order valence-electron chi connectivity index (χ2n) is 7.32. The number of nitrogens with one attached hydrogen (secondary N) is 1. The number of carbonyl (C=O) groups is 2. The highest BCUT2D eigenvalue weighted by Crippen LogP contribution is 2.46. The first-order valence-corrected chi connectivity index (χ1v) is 12.1. The molecule has 0 atom stereocenters. The van der Waals surface area contributed by atoms with Crippen LogP contribution in [0.1, 0.15) is 41.6 Å². The van der Waals surface area contributed by atoms with Crippen LogP contribution in [0, 0.1) is 0 Å². The molecule has 1 saturated carbocycles. The van der Waals surface area contributed by atoms with Gasteiger partial charge in [-0.3, -0.25) is 4.79 Å².